The Hall–Kier alpha value is -0.840. The minimum absolute atomic E-state index is 0.306. The van der Waals surface area contributed by atoms with Crippen molar-refractivity contribution in [3.05, 3.63) is 50.8 Å². The van der Waals surface area contributed by atoms with Gasteiger partial charge in [-0.2, -0.15) is 0 Å². The molecule has 0 aliphatic carbocycles. The number of nitrogens with one attached hydrogen (secondary N) is 1. The molecular weight excluding hydrogens is 330 g/mol. The van der Waals surface area contributed by atoms with Gasteiger partial charge in [-0.3, -0.25) is 0 Å². The number of pyridine rings is 1. The first-order valence-electron chi connectivity index (χ1n) is 4.59. The Kier molecular flexibility index (Phi) is 3.86. The Bertz CT molecular complexity index is 543. The molecule has 1 aromatic carbocycles. The molecule has 0 fully saturated rings. The minimum atomic E-state index is -0.423. The Balaban J connectivity index is 2.31. The van der Waals surface area contributed by atoms with E-state index in [0.29, 0.717) is 21.6 Å². The number of rotatable bonds is 2. The van der Waals surface area contributed by atoms with E-state index in [1.54, 1.807) is 18.3 Å². The van der Waals surface area contributed by atoms with E-state index in [1.807, 2.05) is 0 Å². The molecule has 0 radical (unpaired) electrons. The van der Waals surface area contributed by atoms with Crippen molar-refractivity contribution < 1.29 is 4.39 Å². The number of hydrogen-bond acceptors (Lipinski definition) is 2. The number of benzene rings is 1. The van der Waals surface area contributed by atoms with E-state index < -0.39 is 5.82 Å². The molecule has 0 spiro atoms. The average Bonchev–Trinajstić information content (AvgIpc) is 2.21. The van der Waals surface area contributed by atoms with Gasteiger partial charge in [-0.25, -0.2) is 9.37 Å². The molecule has 0 amide bonds. The number of hydrogen-bond donors (Lipinski definition) is 1. The van der Waals surface area contributed by atoms with E-state index in [1.165, 1.54) is 12.1 Å². The third-order valence-corrected chi connectivity index (χ3v) is 2.87. The molecule has 0 aliphatic heterocycles. The summed E-state index contributed by atoms with van der Waals surface area (Å²) < 4.78 is 13.9. The summed E-state index contributed by atoms with van der Waals surface area (Å²) in [5.41, 5.74) is 0.492. The largest absolute Gasteiger partial charge is 0.339 e. The summed E-state index contributed by atoms with van der Waals surface area (Å²) in [5, 5.41) is 3.63. The zero-order valence-electron chi connectivity index (χ0n) is 8.35. The van der Waals surface area contributed by atoms with E-state index in [0.717, 1.165) is 4.47 Å². The second-order valence-corrected chi connectivity index (χ2v) is 5.03. The summed E-state index contributed by atoms with van der Waals surface area (Å²) in [5.74, 6) is 0.0183. The lowest BCUT2D eigenvalue weighted by molar-refractivity contribution is 0.628. The van der Waals surface area contributed by atoms with Crippen LogP contribution in [0, 0.1) is 5.82 Å². The monoisotopic (exact) mass is 334 g/mol. The van der Waals surface area contributed by atoms with E-state index in [2.05, 4.69) is 26.2 Å². The first kappa shape index (κ1) is 12.6. The van der Waals surface area contributed by atoms with Crippen molar-refractivity contribution in [2.45, 2.75) is 0 Å². The standard InChI is InChI=1S/C11H6BrCl2FN2/c12-6-1-10(14)11(16-5-6)17-9-3-7(13)2-8(15)4-9/h1-5H,(H,16,17). The highest BCUT2D eigenvalue weighted by molar-refractivity contribution is 9.10. The number of halogens is 4. The predicted molar refractivity (Wildman–Crippen MR) is 71.6 cm³/mol. The summed E-state index contributed by atoms with van der Waals surface area (Å²) in [4.78, 5) is 4.08. The predicted octanol–water partition coefficient (Wildman–Crippen LogP) is 5.03. The van der Waals surface area contributed by atoms with E-state index in [4.69, 9.17) is 23.2 Å². The first-order chi connectivity index (χ1) is 8.04. The second-order valence-electron chi connectivity index (χ2n) is 3.27. The van der Waals surface area contributed by atoms with Gasteiger partial charge in [0.1, 0.15) is 11.6 Å². The topological polar surface area (TPSA) is 24.9 Å². The fourth-order valence-electron chi connectivity index (χ4n) is 1.27. The average molecular weight is 336 g/mol. The summed E-state index contributed by atoms with van der Waals surface area (Å²) in [6.45, 7) is 0. The van der Waals surface area contributed by atoms with Crippen molar-refractivity contribution >= 4 is 50.6 Å². The Morgan fingerprint density at radius 2 is 1.94 bits per heavy atom. The molecule has 0 bridgehead atoms. The van der Waals surface area contributed by atoms with Gasteiger partial charge in [0.15, 0.2) is 0 Å². The number of aromatic nitrogens is 1. The van der Waals surface area contributed by atoms with Gasteiger partial charge in [0.25, 0.3) is 0 Å². The third-order valence-electron chi connectivity index (χ3n) is 1.93. The van der Waals surface area contributed by atoms with Crippen molar-refractivity contribution in [3.63, 3.8) is 0 Å². The summed E-state index contributed by atoms with van der Waals surface area (Å²) >= 11 is 15.0. The van der Waals surface area contributed by atoms with Crippen LogP contribution in [-0.4, -0.2) is 4.98 Å². The zero-order valence-corrected chi connectivity index (χ0v) is 11.4. The van der Waals surface area contributed by atoms with Gasteiger partial charge in [-0.05, 0) is 40.2 Å². The molecule has 0 saturated carbocycles. The van der Waals surface area contributed by atoms with Gasteiger partial charge < -0.3 is 5.32 Å². The quantitative estimate of drug-likeness (QED) is 0.832. The fraction of sp³-hybridized carbons (Fsp3) is 0. The molecular formula is C11H6BrCl2FN2. The van der Waals surface area contributed by atoms with Crippen LogP contribution in [0.15, 0.2) is 34.9 Å². The van der Waals surface area contributed by atoms with Crippen LogP contribution in [0.5, 0.6) is 0 Å². The van der Waals surface area contributed by atoms with E-state index in [-0.39, 0.29) is 0 Å². The maximum absolute atomic E-state index is 13.1. The molecule has 0 aliphatic rings. The van der Waals surface area contributed by atoms with Crippen LogP contribution in [0.3, 0.4) is 0 Å². The van der Waals surface area contributed by atoms with Crippen LogP contribution in [0.25, 0.3) is 0 Å². The Labute approximate surface area is 116 Å². The summed E-state index contributed by atoms with van der Waals surface area (Å²) in [6.07, 6.45) is 1.59. The normalized spacial score (nSPS) is 10.4. The lowest BCUT2D eigenvalue weighted by Gasteiger charge is -2.08. The number of anilines is 2. The molecule has 6 heteroatoms. The maximum atomic E-state index is 13.1. The van der Waals surface area contributed by atoms with Gasteiger partial charge in [0, 0.05) is 21.4 Å². The molecule has 2 aromatic rings. The van der Waals surface area contributed by atoms with Gasteiger partial charge in [0.05, 0.1) is 5.02 Å². The van der Waals surface area contributed by atoms with Crippen LogP contribution >= 0.6 is 39.1 Å². The van der Waals surface area contributed by atoms with Gasteiger partial charge in [-0.15, -0.1) is 0 Å². The van der Waals surface area contributed by atoms with Crippen molar-refractivity contribution in [1.29, 1.82) is 0 Å². The molecule has 1 aromatic heterocycles. The molecule has 0 saturated heterocycles. The number of nitrogens with zero attached hydrogens (tertiary/aromatic N) is 1. The molecule has 1 heterocycles. The third kappa shape index (κ3) is 3.31. The highest BCUT2D eigenvalue weighted by Gasteiger charge is 2.05. The van der Waals surface area contributed by atoms with Crippen LogP contribution in [-0.2, 0) is 0 Å². The molecule has 1 N–H and O–H groups in total. The molecule has 88 valence electrons. The van der Waals surface area contributed by atoms with Crippen LogP contribution < -0.4 is 5.32 Å². The summed E-state index contributed by atoms with van der Waals surface area (Å²) in [6, 6.07) is 5.82. The van der Waals surface area contributed by atoms with Crippen LogP contribution in [0.2, 0.25) is 10.0 Å². The second kappa shape index (κ2) is 5.21. The smallest absolute Gasteiger partial charge is 0.149 e. The fourth-order valence-corrected chi connectivity index (χ4v) is 2.17. The highest BCUT2D eigenvalue weighted by atomic mass is 79.9. The zero-order chi connectivity index (χ0) is 12.4. The van der Waals surface area contributed by atoms with E-state index >= 15 is 0 Å². The van der Waals surface area contributed by atoms with Gasteiger partial charge >= 0.3 is 0 Å². The summed E-state index contributed by atoms with van der Waals surface area (Å²) in [7, 11) is 0. The van der Waals surface area contributed by atoms with Crippen LogP contribution in [0.4, 0.5) is 15.9 Å². The lowest BCUT2D eigenvalue weighted by Crippen LogP contribution is -1.95. The Morgan fingerprint density at radius 3 is 2.59 bits per heavy atom. The van der Waals surface area contributed by atoms with E-state index in [9.17, 15) is 4.39 Å². The van der Waals surface area contributed by atoms with Crippen LogP contribution in [0.1, 0.15) is 0 Å². The highest BCUT2D eigenvalue weighted by Crippen LogP contribution is 2.27. The Morgan fingerprint density at radius 1 is 1.18 bits per heavy atom. The van der Waals surface area contributed by atoms with Gasteiger partial charge in [0.2, 0.25) is 0 Å². The van der Waals surface area contributed by atoms with Crippen molar-refractivity contribution in [3.8, 4) is 0 Å². The lowest BCUT2D eigenvalue weighted by atomic mass is 10.3. The van der Waals surface area contributed by atoms with Crippen molar-refractivity contribution in [2.75, 3.05) is 5.32 Å². The molecule has 2 nitrogen and oxygen atoms in total. The van der Waals surface area contributed by atoms with Gasteiger partial charge in [-0.1, -0.05) is 23.2 Å². The van der Waals surface area contributed by atoms with Crippen molar-refractivity contribution in [1.82, 2.24) is 4.98 Å². The van der Waals surface area contributed by atoms with Crippen molar-refractivity contribution in [2.24, 2.45) is 0 Å². The molecule has 0 unspecified atom stereocenters. The minimum Gasteiger partial charge on any atom is -0.339 e. The molecule has 2 rings (SSSR count). The first-order valence-corrected chi connectivity index (χ1v) is 6.13. The maximum Gasteiger partial charge on any atom is 0.149 e. The molecule has 17 heavy (non-hydrogen) atoms. The SMILES string of the molecule is Fc1cc(Cl)cc(Nc2ncc(Br)cc2Cl)c1. The molecule has 0 atom stereocenters.